The first-order chi connectivity index (χ1) is 7.07. The summed E-state index contributed by atoms with van der Waals surface area (Å²) in [5.74, 6) is -0.840. The summed E-state index contributed by atoms with van der Waals surface area (Å²) in [6.07, 6.45) is -0.729. The molecule has 0 fully saturated rings. The van der Waals surface area contributed by atoms with Gasteiger partial charge in [-0.25, -0.2) is 13.6 Å². The van der Waals surface area contributed by atoms with Gasteiger partial charge in [-0.15, -0.1) is 0 Å². The van der Waals surface area contributed by atoms with Gasteiger partial charge in [0.05, 0.1) is 29.6 Å². The number of nitrogen functional groups attached to an aromatic ring is 1. The number of rotatable bonds is 3. The summed E-state index contributed by atoms with van der Waals surface area (Å²) in [6, 6.07) is 0. The highest BCUT2D eigenvalue weighted by atomic mass is 19.3. The van der Waals surface area contributed by atoms with Crippen LogP contribution < -0.4 is 5.73 Å². The van der Waals surface area contributed by atoms with Gasteiger partial charge in [-0.05, 0) is 6.92 Å². The molecule has 6 heteroatoms. The van der Waals surface area contributed by atoms with Crippen LogP contribution in [0.5, 0.6) is 0 Å². The molecule has 0 spiro atoms. The summed E-state index contributed by atoms with van der Waals surface area (Å²) in [7, 11) is 0. The van der Waals surface area contributed by atoms with Crippen molar-refractivity contribution in [2.75, 3.05) is 12.3 Å². The molecule has 0 radical (unpaired) electrons. The van der Waals surface area contributed by atoms with E-state index in [1.807, 2.05) is 0 Å². The topological polar surface area (TPSA) is 65.2 Å². The Morgan fingerprint density at radius 1 is 1.60 bits per heavy atom. The maximum atomic E-state index is 12.6. The average molecular weight is 216 g/mol. The highest BCUT2D eigenvalue weighted by Gasteiger charge is 2.22. The van der Waals surface area contributed by atoms with Crippen LogP contribution in [0.3, 0.4) is 0 Å². The summed E-state index contributed by atoms with van der Waals surface area (Å²) in [4.78, 5) is 14.8. The van der Waals surface area contributed by atoms with Crippen molar-refractivity contribution in [1.29, 1.82) is 0 Å². The second-order valence-electron chi connectivity index (χ2n) is 2.71. The predicted molar refractivity (Wildman–Crippen MR) is 49.6 cm³/mol. The summed E-state index contributed by atoms with van der Waals surface area (Å²) < 4.78 is 29.8. The molecule has 0 bridgehead atoms. The first-order valence-electron chi connectivity index (χ1n) is 4.26. The van der Waals surface area contributed by atoms with E-state index in [1.165, 1.54) is 0 Å². The van der Waals surface area contributed by atoms with Gasteiger partial charge in [0.1, 0.15) is 0 Å². The van der Waals surface area contributed by atoms with Gasteiger partial charge in [-0.1, -0.05) is 0 Å². The van der Waals surface area contributed by atoms with Crippen LogP contribution in [0.2, 0.25) is 0 Å². The Labute approximate surface area is 85.1 Å². The molecule has 1 aromatic rings. The van der Waals surface area contributed by atoms with Crippen LogP contribution in [-0.2, 0) is 4.74 Å². The van der Waals surface area contributed by atoms with Gasteiger partial charge in [0, 0.05) is 6.20 Å². The van der Waals surface area contributed by atoms with Crippen molar-refractivity contribution in [3.63, 3.8) is 0 Å². The van der Waals surface area contributed by atoms with Crippen molar-refractivity contribution in [3.05, 3.63) is 23.5 Å². The molecule has 0 aliphatic rings. The lowest BCUT2D eigenvalue weighted by Crippen LogP contribution is -2.11. The van der Waals surface area contributed by atoms with Gasteiger partial charge in [0.2, 0.25) is 0 Å². The third-order valence-corrected chi connectivity index (χ3v) is 1.73. The van der Waals surface area contributed by atoms with Crippen molar-refractivity contribution >= 4 is 11.7 Å². The van der Waals surface area contributed by atoms with E-state index in [-0.39, 0.29) is 17.9 Å². The molecular weight excluding hydrogens is 206 g/mol. The number of nitrogens with zero attached hydrogens (tertiary/aromatic N) is 1. The fourth-order valence-electron chi connectivity index (χ4n) is 1.10. The van der Waals surface area contributed by atoms with E-state index in [9.17, 15) is 13.6 Å². The smallest absolute Gasteiger partial charge is 0.340 e. The number of nitrogens with two attached hydrogens (primary N) is 1. The average Bonchev–Trinajstić information content (AvgIpc) is 2.17. The molecule has 0 aliphatic heterocycles. The minimum absolute atomic E-state index is 0.107. The number of carbonyl (C=O) groups excluding carboxylic acids is 1. The highest BCUT2D eigenvalue weighted by molar-refractivity contribution is 5.92. The molecule has 2 N–H and O–H groups in total. The molecule has 4 nitrogen and oxygen atoms in total. The van der Waals surface area contributed by atoms with Crippen molar-refractivity contribution in [3.8, 4) is 0 Å². The second kappa shape index (κ2) is 4.68. The summed E-state index contributed by atoms with van der Waals surface area (Å²) >= 11 is 0. The number of pyridine rings is 1. The summed E-state index contributed by atoms with van der Waals surface area (Å²) in [5.41, 5.74) is 4.28. The number of aromatic nitrogens is 1. The van der Waals surface area contributed by atoms with Crippen LogP contribution in [-0.4, -0.2) is 17.6 Å². The first-order valence-corrected chi connectivity index (χ1v) is 4.26. The SMILES string of the molecule is CCOC(=O)c1cncc(N)c1C(F)F. The van der Waals surface area contributed by atoms with E-state index in [0.717, 1.165) is 12.4 Å². The normalized spacial score (nSPS) is 10.4. The zero-order valence-electron chi connectivity index (χ0n) is 8.04. The molecule has 15 heavy (non-hydrogen) atoms. The summed E-state index contributed by atoms with van der Waals surface area (Å²) in [5, 5.41) is 0. The van der Waals surface area contributed by atoms with Crippen molar-refractivity contribution in [2.45, 2.75) is 13.3 Å². The van der Waals surface area contributed by atoms with E-state index < -0.39 is 18.0 Å². The Kier molecular flexibility index (Phi) is 3.54. The first kappa shape index (κ1) is 11.4. The Balaban J connectivity index is 3.17. The minimum atomic E-state index is -2.83. The molecule has 0 aromatic carbocycles. The lowest BCUT2D eigenvalue weighted by Gasteiger charge is -2.09. The van der Waals surface area contributed by atoms with E-state index in [0.29, 0.717) is 0 Å². The lowest BCUT2D eigenvalue weighted by molar-refractivity contribution is 0.0515. The molecule has 1 rings (SSSR count). The van der Waals surface area contributed by atoms with E-state index in [2.05, 4.69) is 9.72 Å². The largest absolute Gasteiger partial charge is 0.462 e. The van der Waals surface area contributed by atoms with Crippen LogP contribution in [0.15, 0.2) is 12.4 Å². The Morgan fingerprint density at radius 2 is 2.27 bits per heavy atom. The van der Waals surface area contributed by atoms with Gasteiger partial charge < -0.3 is 10.5 Å². The Morgan fingerprint density at radius 3 is 2.80 bits per heavy atom. The van der Waals surface area contributed by atoms with E-state index >= 15 is 0 Å². The minimum Gasteiger partial charge on any atom is -0.462 e. The number of halogens is 2. The van der Waals surface area contributed by atoms with Crippen molar-refractivity contribution < 1.29 is 18.3 Å². The number of hydrogen-bond acceptors (Lipinski definition) is 4. The van der Waals surface area contributed by atoms with Crippen molar-refractivity contribution in [1.82, 2.24) is 4.98 Å². The molecule has 82 valence electrons. The molecule has 0 saturated carbocycles. The number of carbonyl (C=O) groups is 1. The molecule has 1 aromatic heterocycles. The fourth-order valence-corrected chi connectivity index (χ4v) is 1.10. The molecule has 0 aliphatic carbocycles. The number of anilines is 1. The zero-order valence-corrected chi connectivity index (χ0v) is 8.04. The molecule has 1 heterocycles. The number of ether oxygens (including phenoxy) is 1. The highest BCUT2D eigenvalue weighted by Crippen LogP contribution is 2.28. The molecule has 0 amide bonds. The lowest BCUT2D eigenvalue weighted by atomic mass is 10.1. The maximum Gasteiger partial charge on any atom is 0.340 e. The number of hydrogen-bond donors (Lipinski definition) is 1. The number of esters is 1. The van der Waals surface area contributed by atoms with Crippen LogP contribution in [0.1, 0.15) is 29.3 Å². The predicted octanol–water partition coefficient (Wildman–Crippen LogP) is 1.78. The molecule has 0 unspecified atom stereocenters. The molecule has 0 saturated heterocycles. The maximum absolute atomic E-state index is 12.6. The fraction of sp³-hybridized carbons (Fsp3) is 0.333. The van der Waals surface area contributed by atoms with Gasteiger partial charge in [-0.2, -0.15) is 0 Å². The Hall–Kier alpha value is -1.72. The van der Waals surface area contributed by atoms with Gasteiger partial charge in [0.15, 0.2) is 0 Å². The number of alkyl halides is 2. The van der Waals surface area contributed by atoms with Crippen LogP contribution >= 0.6 is 0 Å². The standard InChI is InChI=1S/C9H10F2N2O2/c1-2-15-9(14)5-3-13-4-6(12)7(5)8(10)11/h3-4,8H,2,12H2,1H3. The van der Waals surface area contributed by atoms with Crippen LogP contribution in [0.4, 0.5) is 14.5 Å². The van der Waals surface area contributed by atoms with E-state index in [4.69, 9.17) is 5.73 Å². The molecular formula is C9H10F2N2O2. The van der Waals surface area contributed by atoms with Gasteiger partial charge >= 0.3 is 5.97 Å². The third kappa shape index (κ3) is 2.39. The van der Waals surface area contributed by atoms with Gasteiger partial charge in [0.25, 0.3) is 6.43 Å². The van der Waals surface area contributed by atoms with E-state index in [1.54, 1.807) is 6.92 Å². The second-order valence-corrected chi connectivity index (χ2v) is 2.71. The Bertz CT molecular complexity index is 369. The van der Waals surface area contributed by atoms with Crippen LogP contribution in [0, 0.1) is 0 Å². The zero-order chi connectivity index (χ0) is 11.4. The monoisotopic (exact) mass is 216 g/mol. The third-order valence-electron chi connectivity index (χ3n) is 1.73. The van der Waals surface area contributed by atoms with Gasteiger partial charge in [-0.3, -0.25) is 4.98 Å². The quantitative estimate of drug-likeness (QED) is 0.782. The van der Waals surface area contributed by atoms with Crippen molar-refractivity contribution in [2.24, 2.45) is 0 Å². The molecule has 0 atom stereocenters. The summed E-state index contributed by atoms with van der Waals surface area (Å²) in [6.45, 7) is 1.69. The van der Waals surface area contributed by atoms with Crippen LogP contribution in [0.25, 0.3) is 0 Å².